The van der Waals surface area contributed by atoms with Crippen LogP contribution in [0.2, 0.25) is 0 Å². The van der Waals surface area contributed by atoms with Gasteiger partial charge in [-0.15, -0.1) is 0 Å². The van der Waals surface area contributed by atoms with Crippen molar-refractivity contribution in [3.05, 3.63) is 147 Å². The molecule has 0 saturated carbocycles. The predicted molar refractivity (Wildman–Crippen MR) is 412 cm³/mol. The number of aromatic nitrogens is 6. The van der Waals surface area contributed by atoms with E-state index in [1.165, 1.54) is 18.2 Å². The predicted octanol–water partition coefficient (Wildman–Crippen LogP) is 20.7. The Hall–Kier alpha value is -7.85. The second-order valence-electron chi connectivity index (χ2n) is 35.5. The molecule has 1 N–H and O–H groups in total. The average Bonchev–Trinajstić information content (AvgIpc) is 1.17. The van der Waals surface area contributed by atoms with E-state index < -0.39 is 88.2 Å². The molecule has 0 spiro atoms. The first-order valence-corrected chi connectivity index (χ1v) is 37.2. The SMILES string of the molecule is COC(=O)C(OC(C)(C)C)c1c(C(F)(F)F)ccc(-c2cnn(C)c2)c1C1=CCC(C)(C)CC1.COC(=O)C(OC(C)(C)C)c1c(C(F)(F)F)ccc(C)c1C1=CCC(C)(C)CC1.Cn1cc(-c2ccc(C(F)(F)F)c(C(OC(C)(C)C)C(=O)O)c2C2=CCC(C)(C)CC2)cn1.Cn1cc(B2OC(C)(C)C(C)(C)O2)cn1. The number of carbonyl (C=O) groups is 3. The highest BCUT2D eigenvalue weighted by Crippen LogP contribution is 2.52. The van der Waals surface area contributed by atoms with E-state index in [4.69, 9.17) is 33.0 Å². The van der Waals surface area contributed by atoms with Gasteiger partial charge in [-0.1, -0.05) is 78.0 Å². The van der Waals surface area contributed by atoms with Gasteiger partial charge in [0.15, 0.2) is 18.3 Å². The normalized spacial score (nSPS) is 18.4. The summed E-state index contributed by atoms with van der Waals surface area (Å²) in [5.41, 5.74) is 0.869. The van der Waals surface area contributed by atoms with Crippen LogP contribution >= 0.6 is 0 Å². The largest absolute Gasteiger partial charge is 0.498 e. The molecule has 111 heavy (non-hydrogen) atoms. The standard InChI is InChI=1S/C26H33F3N2O3.C25H31F3N2O3.C23H31F3O3.C10H17BN2O2/c1-24(2,3)34-22(23(32)33-7)21-19(26(27,28)29)9-8-18(17-14-30-31(6)15-17)20(21)16-10-12-25(4,5)13-11-16;1-23(2,3)33-21(22(31)32)20-18(25(26,27)28)8-7-17(16-13-29-30(6)14-16)19(20)15-9-11-24(4,5)12-10-15;1-14-8-9-16(23(24,25)26)18(19(20(27)28-7)29-21(2,3)4)17(14)15-10-12-22(5,6)13-11-15;1-9(2)10(3,4)15-11(14-9)8-6-12-13(5)7-8/h8-10,14-15,22H,11-13H2,1-7H3;7-9,13-14,21H,10-12H2,1-6H3,(H,31,32);8-10,19H,11-13H2,1-7H3;6-7H,1-5H3. The molecule has 1 fully saturated rings. The molecule has 610 valence electrons. The zero-order valence-electron chi connectivity index (χ0n) is 68.9. The van der Waals surface area contributed by atoms with Crippen LogP contribution in [0.15, 0.2) is 91.8 Å². The van der Waals surface area contributed by atoms with Crippen LogP contribution in [-0.2, 0) is 87.0 Å². The highest BCUT2D eigenvalue weighted by Gasteiger charge is 2.53. The van der Waals surface area contributed by atoms with Crippen molar-refractivity contribution in [3.63, 3.8) is 0 Å². The van der Waals surface area contributed by atoms with Gasteiger partial charge in [-0.25, -0.2) is 14.4 Å². The van der Waals surface area contributed by atoms with Crippen molar-refractivity contribution < 1.29 is 92.0 Å². The van der Waals surface area contributed by atoms with Crippen molar-refractivity contribution in [2.75, 3.05) is 14.2 Å². The number of halogens is 9. The quantitative estimate of drug-likeness (QED) is 0.0580. The van der Waals surface area contributed by atoms with E-state index in [0.29, 0.717) is 76.6 Å². The van der Waals surface area contributed by atoms with Crippen LogP contribution in [0.3, 0.4) is 0 Å². The van der Waals surface area contributed by atoms with Crippen LogP contribution in [0.25, 0.3) is 39.0 Å². The number of rotatable bonds is 15. The zero-order chi connectivity index (χ0) is 83.7. The van der Waals surface area contributed by atoms with Crippen LogP contribution in [0.1, 0.15) is 263 Å². The molecule has 3 aromatic carbocycles. The third-order valence-electron chi connectivity index (χ3n) is 20.3. The molecule has 17 nitrogen and oxygen atoms in total. The van der Waals surface area contributed by atoms with Gasteiger partial charge in [0.05, 0.1) is 71.3 Å². The lowest BCUT2D eigenvalue weighted by molar-refractivity contribution is -0.167. The van der Waals surface area contributed by atoms with Crippen molar-refractivity contribution in [3.8, 4) is 22.3 Å². The molecule has 0 bridgehead atoms. The van der Waals surface area contributed by atoms with Gasteiger partial charge in [-0.05, 0) is 239 Å². The van der Waals surface area contributed by atoms with Crippen LogP contribution < -0.4 is 5.46 Å². The molecule has 3 aliphatic carbocycles. The molecule has 6 aromatic rings. The summed E-state index contributed by atoms with van der Waals surface area (Å²) in [5, 5.41) is 22.5. The third kappa shape index (κ3) is 23.2. The van der Waals surface area contributed by atoms with Gasteiger partial charge in [-0.3, -0.25) is 14.0 Å². The van der Waals surface area contributed by atoms with E-state index in [9.17, 15) is 59.0 Å². The minimum absolute atomic E-state index is 0.0217. The average molecular weight is 1560 g/mol. The van der Waals surface area contributed by atoms with E-state index in [2.05, 4.69) is 56.8 Å². The van der Waals surface area contributed by atoms with E-state index in [0.717, 1.165) is 74.7 Å². The summed E-state index contributed by atoms with van der Waals surface area (Å²) in [7, 11) is 7.36. The van der Waals surface area contributed by atoms with Gasteiger partial charge in [0.2, 0.25) is 0 Å². The van der Waals surface area contributed by atoms with Gasteiger partial charge in [0.1, 0.15) is 0 Å². The van der Waals surface area contributed by atoms with Crippen molar-refractivity contribution in [2.24, 2.45) is 37.4 Å². The monoisotopic (exact) mass is 1560 g/mol. The summed E-state index contributed by atoms with van der Waals surface area (Å²) < 4.78 is 172. The van der Waals surface area contributed by atoms with Gasteiger partial charge in [0, 0.05) is 79.2 Å². The van der Waals surface area contributed by atoms with Crippen LogP contribution in [0, 0.1) is 23.2 Å². The summed E-state index contributed by atoms with van der Waals surface area (Å²) in [6.07, 6.45) is 3.78. The first kappa shape index (κ1) is 90.3. The maximum atomic E-state index is 14.4. The first-order valence-electron chi connectivity index (χ1n) is 37.2. The number of benzene rings is 3. The van der Waals surface area contributed by atoms with E-state index >= 15 is 0 Å². The molecular weight excluding hydrogens is 1450 g/mol. The van der Waals surface area contributed by atoms with Crippen LogP contribution in [0.4, 0.5) is 39.5 Å². The van der Waals surface area contributed by atoms with Gasteiger partial charge in [0.25, 0.3) is 0 Å². The molecule has 4 heterocycles. The number of hydrogen-bond acceptors (Lipinski definition) is 13. The molecule has 3 atom stereocenters. The molecule has 10 rings (SSSR count). The van der Waals surface area contributed by atoms with E-state index in [1.54, 1.807) is 128 Å². The molecule has 0 radical (unpaired) electrons. The van der Waals surface area contributed by atoms with Crippen LogP contribution in [0.5, 0.6) is 0 Å². The number of methoxy groups -OCH3 is 2. The highest BCUT2D eigenvalue weighted by atomic mass is 19.4. The summed E-state index contributed by atoms with van der Waals surface area (Å²) in [6.45, 7) is 37.8. The summed E-state index contributed by atoms with van der Waals surface area (Å²) in [5.74, 6) is -3.17. The third-order valence-corrected chi connectivity index (χ3v) is 20.3. The molecular formula is C84H112BF9N6O11. The summed E-state index contributed by atoms with van der Waals surface area (Å²) >= 11 is 0. The fourth-order valence-electron chi connectivity index (χ4n) is 13.7. The van der Waals surface area contributed by atoms with Gasteiger partial charge < -0.3 is 38.1 Å². The molecule has 1 aliphatic heterocycles. The minimum Gasteiger partial charge on any atom is -0.479 e. The Kier molecular flexibility index (Phi) is 27.4. The number of carbonyl (C=O) groups excluding carboxylic acids is 2. The lowest BCUT2D eigenvalue weighted by Gasteiger charge is -2.33. The smallest absolute Gasteiger partial charge is 0.479 e. The number of alkyl halides is 9. The number of aliphatic carboxylic acids is 1. The highest BCUT2D eigenvalue weighted by molar-refractivity contribution is 6.62. The Labute approximate surface area is 648 Å². The number of esters is 2. The number of aryl methyl sites for hydroxylation is 4. The van der Waals surface area contributed by atoms with Crippen molar-refractivity contribution in [1.29, 1.82) is 0 Å². The Morgan fingerprint density at radius 1 is 0.468 bits per heavy atom. The topological polar surface area (TPSA) is 190 Å². The number of carboxylic acids is 1. The molecule has 1 saturated heterocycles. The van der Waals surface area contributed by atoms with E-state index in [1.807, 2.05) is 59.2 Å². The zero-order valence-corrected chi connectivity index (χ0v) is 68.9. The Bertz CT molecular complexity index is 4400. The number of allylic oxidation sites excluding steroid dienone is 6. The summed E-state index contributed by atoms with van der Waals surface area (Å²) in [6, 6.07) is 7.35. The Balaban J connectivity index is 0.000000212. The molecule has 0 amide bonds. The fraction of sp³-hybridized carbons (Fsp3) is 0.571. The molecule has 27 heteroatoms. The molecule has 3 unspecified atom stereocenters. The fourth-order valence-corrected chi connectivity index (χ4v) is 13.7. The number of carboxylic acid groups (broad SMARTS) is 1. The van der Waals surface area contributed by atoms with Gasteiger partial charge >= 0.3 is 43.6 Å². The lowest BCUT2D eigenvalue weighted by Crippen LogP contribution is -2.41. The number of nitrogens with zero attached hydrogens (tertiary/aromatic N) is 6. The van der Waals surface area contributed by atoms with Crippen LogP contribution in [-0.4, -0.2) is 102 Å². The van der Waals surface area contributed by atoms with E-state index in [-0.39, 0.29) is 56.8 Å². The maximum absolute atomic E-state index is 14.4. The van der Waals surface area contributed by atoms with Crippen molar-refractivity contribution in [1.82, 2.24) is 29.3 Å². The number of ether oxygens (including phenoxy) is 5. The van der Waals surface area contributed by atoms with Crippen molar-refractivity contribution in [2.45, 2.75) is 261 Å². The van der Waals surface area contributed by atoms with Crippen molar-refractivity contribution >= 4 is 47.2 Å². The summed E-state index contributed by atoms with van der Waals surface area (Å²) in [4.78, 5) is 37.8. The van der Waals surface area contributed by atoms with Gasteiger partial charge in [-0.2, -0.15) is 54.8 Å². The Morgan fingerprint density at radius 2 is 0.775 bits per heavy atom. The first-order chi connectivity index (χ1) is 50.7. The second-order valence-corrected chi connectivity index (χ2v) is 35.5. The maximum Gasteiger partial charge on any atom is 0.498 e. The Morgan fingerprint density at radius 3 is 1.05 bits per heavy atom. The minimum atomic E-state index is -4.75. The second kappa shape index (κ2) is 33.7. The molecule has 4 aliphatic rings. The number of hydrogen-bond donors (Lipinski definition) is 1. The lowest BCUT2D eigenvalue weighted by atomic mass is 9.74. The molecule has 3 aromatic heterocycles.